The van der Waals surface area contributed by atoms with Crippen molar-refractivity contribution < 1.29 is 54.5 Å². The summed E-state index contributed by atoms with van der Waals surface area (Å²) < 4.78 is 114. The van der Waals surface area contributed by atoms with Gasteiger partial charge < -0.3 is 14.0 Å². The number of nitrogens with one attached hydrogen (secondary N) is 1. The molecule has 1 N–H and O–H groups in total. The van der Waals surface area contributed by atoms with Gasteiger partial charge in [-0.25, -0.2) is 27.4 Å². The van der Waals surface area contributed by atoms with Crippen LogP contribution in [0.2, 0.25) is 0 Å². The van der Waals surface area contributed by atoms with Crippen LogP contribution in [0.15, 0.2) is 54.6 Å². The number of rotatable bonds is 11. The highest BCUT2D eigenvalue weighted by Crippen LogP contribution is 2.58. The topological polar surface area (TPSA) is 90.9 Å². The van der Waals surface area contributed by atoms with Crippen molar-refractivity contribution in [1.29, 1.82) is 0 Å². The largest absolute Gasteiger partial charge is 0.465 e. The summed E-state index contributed by atoms with van der Waals surface area (Å²) in [6.07, 6.45) is 0.528. The van der Waals surface area contributed by atoms with Crippen LogP contribution in [0.25, 0.3) is 10.1 Å². The third-order valence-electron chi connectivity index (χ3n) is 5.84. The van der Waals surface area contributed by atoms with Crippen LogP contribution < -0.4 is 14.3 Å². The fourth-order valence-electron chi connectivity index (χ4n) is 3.75. The highest BCUT2D eigenvalue weighted by atomic mass is 32.1. The molecule has 3 atom stereocenters. The van der Waals surface area contributed by atoms with E-state index in [2.05, 4.69) is 9.82 Å². The van der Waals surface area contributed by atoms with Crippen molar-refractivity contribution in [3.63, 3.8) is 0 Å². The number of carbonyl (C=O) groups is 2. The van der Waals surface area contributed by atoms with Gasteiger partial charge in [0.1, 0.15) is 16.7 Å². The van der Waals surface area contributed by atoms with Gasteiger partial charge in [0.05, 0.1) is 6.61 Å². The molecule has 0 bridgehead atoms. The van der Waals surface area contributed by atoms with Gasteiger partial charge in [-0.05, 0) is 54.6 Å². The average Bonchev–Trinajstić information content (AvgIpc) is 3.43. The average molecular weight is 646 g/mol. The molecule has 0 amide bonds. The first-order valence-electron chi connectivity index (χ1n) is 12.6. The summed E-state index contributed by atoms with van der Waals surface area (Å²) in [5.41, 5.74) is -0.189. The van der Waals surface area contributed by atoms with E-state index in [1.165, 1.54) is 37.3 Å². The van der Waals surface area contributed by atoms with Crippen molar-refractivity contribution in [2.45, 2.75) is 32.2 Å². The summed E-state index contributed by atoms with van der Waals surface area (Å²) in [5, 5.41) is 2.62. The van der Waals surface area contributed by atoms with Gasteiger partial charge >= 0.3 is 19.5 Å². The summed E-state index contributed by atoms with van der Waals surface area (Å²) in [6, 6.07) is 11.4. The van der Waals surface area contributed by atoms with Crippen molar-refractivity contribution in [3.8, 4) is 11.5 Å². The van der Waals surface area contributed by atoms with Crippen molar-refractivity contribution in [3.05, 3.63) is 94.1 Å². The van der Waals surface area contributed by atoms with Crippen LogP contribution in [-0.4, -0.2) is 24.6 Å². The molecule has 0 saturated heterocycles. The molecule has 0 aliphatic heterocycles. The van der Waals surface area contributed by atoms with Gasteiger partial charge in [-0.15, -0.1) is 11.3 Å². The van der Waals surface area contributed by atoms with Gasteiger partial charge in [-0.1, -0.05) is 31.2 Å². The number of fused-ring (bicyclic) bond motifs is 1. The Bertz CT molecular complexity index is 1690. The zero-order valence-electron chi connectivity index (χ0n) is 22.3. The number of para-hydroxylation sites is 1. The van der Waals surface area contributed by atoms with Crippen LogP contribution >= 0.6 is 18.9 Å². The number of carbonyl (C=O) groups excluding carboxylic acids is 2. The predicted octanol–water partition coefficient (Wildman–Crippen LogP) is 7.99. The molecule has 4 rings (SSSR count). The molecule has 0 spiro atoms. The second-order valence-corrected chi connectivity index (χ2v) is 12.2. The van der Waals surface area contributed by atoms with E-state index < -0.39 is 66.2 Å². The van der Waals surface area contributed by atoms with Crippen LogP contribution in [0.4, 0.5) is 26.3 Å². The van der Waals surface area contributed by atoms with E-state index in [0.717, 1.165) is 17.4 Å². The van der Waals surface area contributed by atoms with Gasteiger partial charge in [0.25, 0.3) is 0 Å². The first-order valence-corrected chi connectivity index (χ1v) is 15.1. The number of hydrogen-bond acceptors (Lipinski definition) is 7. The fourth-order valence-corrected chi connectivity index (χ4v) is 6.58. The van der Waals surface area contributed by atoms with Crippen LogP contribution in [0, 0.1) is 29.1 Å². The zero-order chi connectivity index (χ0) is 31.5. The normalized spacial score (nSPS) is 14.1. The quantitative estimate of drug-likeness (QED) is 0.0442. The molecular formula is C28H22F6NO6PS. The molecule has 1 aromatic heterocycles. The molecule has 0 aliphatic carbocycles. The van der Waals surface area contributed by atoms with Crippen molar-refractivity contribution in [1.82, 2.24) is 5.09 Å². The van der Waals surface area contributed by atoms with Crippen LogP contribution in [-0.2, 0) is 14.1 Å². The van der Waals surface area contributed by atoms with E-state index in [1.54, 1.807) is 25.1 Å². The Morgan fingerprint density at radius 2 is 1.56 bits per heavy atom. The Morgan fingerprint density at radius 1 is 0.930 bits per heavy atom. The summed E-state index contributed by atoms with van der Waals surface area (Å²) in [7, 11) is -4.55. The third-order valence-corrected chi connectivity index (χ3v) is 9.06. The second kappa shape index (κ2) is 13.2. The predicted molar refractivity (Wildman–Crippen MR) is 145 cm³/mol. The summed E-state index contributed by atoms with van der Waals surface area (Å²) in [4.78, 5) is 24.6. The van der Waals surface area contributed by atoms with E-state index >= 15 is 4.39 Å². The van der Waals surface area contributed by atoms with E-state index in [0.29, 0.717) is 11.1 Å². The monoisotopic (exact) mass is 645 g/mol. The minimum absolute atomic E-state index is 0.0462. The first-order chi connectivity index (χ1) is 20.4. The molecule has 1 heterocycles. The van der Waals surface area contributed by atoms with E-state index in [1.807, 2.05) is 0 Å². The number of esters is 2. The van der Waals surface area contributed by atoms with Crippen molar-refractivity contribution >= 4 is 40.9 Å². The summed E-state index contributed by atoms with van der Waals surface area (Å²) >= 11 is 0.720. The van der Waals surface area contributed by atoms with Crippen molar-refractivity contribution in [2.24, 2.45) is 0 Å². The lowest BCUT2D eigenvalue weighted by molar-refractivity contribution is -0.145. The third kappa shape index (κ3) is 6.87. The Balaban J connectivity index is 1.63. The molecule has 15 heteroatoms. The number of ether oxygens (including phenoxy) is 2. The smallest absolute Gasteiger partial charge is 0.355 e. The Hall–Kier alpha value is -3.87. The number of alkyl halides is 1. The molecule has 228 valence electrons. The minimum atomic E-state index is -4.55. The van der Waals surface area contributed by atoms with Gasteiger partial charge in [0.15, 0.2) is 0 Å². The molecule has 7 nitrogen and oxygen atoms in total. The maximum Gasteiger partial charge on any atom is 0.355 e. The lowest BCUT2D eigenvalue weighted by Crippen LogP contribution is -2.35. The fraction of sp³-hybridized carbons (Fsp3) is 0.214. The SMILES string of the molecule is CCCOC(=O)[C@H](C)NP(=O)(Oc1ccccc1)[C@@H](F)c1ccc2sc(C(=O)Oc3c(F)c(F)c(F)c(F)c3F)cc2c1. The number of thiophene rings is 1. The van der Waals surface area contributed by atoms with Crippen molar-refractivity contribution in [2.75, 3.05) is 6.61 Å². The second-order valence-electron chi connectivity index (χ2n) is 9.05. The van der Waals surface area contributed by atoms with Gasteiger partial charge in [0.2, 0.25) is 40.7 Å². The van der Waals surface area contributed by atoms with Crippen LogP contribution in [0.1, 0.15) is 41.4 Å². The number of halogens is 6. The maximum absolute atomic E-state index is 16.0. The maximum atomic E-state index is 16.0. The van der Waals surface area contributed by atoms with E-state index in [4.69, 9.17) is 9.26 Å². The molecule has 3 aromatic carbocycles. The highest BCUT2D eigenvalue weighted by Gasteiger charge is 2.41. The van der Waals surface area contributed by atoms with E-state index in [9.17, 15) is 36.1 Å². The zero-order valence-corrected chi connectivity index (χ0v) is 24.0. The van der Waals surface area contributed by atoms with E-state index in [-0.39, 0.29) is 28.2 Å². The first kappa shape index (κ1) is 32.1. The number of benzene rings is 3. The molecule has 0 saturated carbocycles. The Morgan fingerprint density at radius 3 is 2.19 bits per heavy atom. The number of hydrogen-bond donors (Lipinski definition) is 1. The molecule has 43 heavy (non-hydrogen) atoms. The molecule has 4 aromatic rings. The lowest BCUT2D eigenvalue weighted by Gasteiger charge is -2.26. The molecule has 0 fully saturated rings. The molecule has 1 unspecified atom stereocenters. The molecular weight excluding hydrogens is 623 g/mol. The molecule has 0 aliphatic rings. The Labute approximate surface area is 244 Å². The minimum Gasteiger partial charge on any atom is -0.465 e. The lowest BCUT2D eigenvalue weighted by atomic mass is 10.2. The summed E-state index contributed by atoms with van der Waals surface area (Å²) in [6.45, 7) is 3.20. The van der Waals surface area contributed by atoms with Crippen LogP contribution in [0.5, 0.6) is 11.5 Å². The van der Waals surface area contributed by atoms with Gasteiger partial charge in [-0.2, -0.15) is 8.78 Å². The molecule has 0 radical (unpaired) electrons. The van der Waals surface area contributed by atoms with Gasteiger partial charge in [0, 0.05) is 4.70 Å². The Kier molecular flexibility index (Phi) is 9.83. The standard InChI is InChI=1S/C28H22F6NO6PS/c1-3-11-39-27(36)14(2)35-42(38,41-17-7-5-4-6-8-17)26(34)15-9-10-18-16(12-15)13-19(43-18)28(37)40-25-23(32)21(30)20(29)22(31)24(25)33/h4-10,12-14,26H,3,11H2,1-2H3,(H,35,38)/t14-,26+,42?/m0/s1. The van der Waals surface area contributed by atoms with Crippen LogP contribution in [0.3, 0.4) is 0 Å². The highest BCUT2D eigenvalue weighted by molar-refractivity contribution is 7.57. The summed E-state index contributed by atoms with van der Waals surface area (Å²) in [5.74, 6) is -18.0. The van der Waals surface area contributed by atoms with Gasteiger partial charge in [-0.3, -0.25) is 9.36 Å².